The van der Waals surface area contributed by atoms with Crippen LogP contribution in [0.5, 0.6) is 11.5 Å². The second kappa shape index (κ2) is 15.0. The fraction of sp³-hybridized carbons (Fsp3) is 0.200. The highest BCUT2D eigenvalue weighted by Crippen LogP contribution is 2.34. The highest BCUT2D eigenvalue weighted by Gasteiger charge is 2.32. The van der Waals surface area contributed by atoms with Gasteiger partial charge in [-0.3, -0.25) is 4.79 Å². The summed E-state index contributed by atoms with van der Waals surface area (Å²) < 4.78 is 87.2. The number of nitrogens with zero attached hydrogens (tertiary/aromatic N) is 3. The lowest BCUT2D eigenvalue weighted by Gasteiger charge is -2.18. The van der Waals surface area contributed by atoms with Crippen LogP contribution in [0, 0.1) is 0 Å². The first-order valence-electron chi connectivity index (χ1n) is 13.1. The van der Waals surface area contributed by atoms with Crippen molar-refractivity contribution < 1.29 is 51.0 Å². The molecule has 0 bridgehead atoms. The molecule has 244 valence electrons. The van der Waals surface area contributed by atoms with Crippen molar-refractivity contribution in [3.8, 4) is 34.0 Å². The number of carbonyl (C=O) groups excluding carboxylic acids is 1. The van der Waals surface area contributed by atoms with Gasteiger partial charge in [-0.15, -0.1) is 12.4 Å². The fourth-order valence-electron chi connectivity index (χ4n) is 4.41. The van der Waals surface area contributed by atoms with E-state index in [4.69, 9.17) is 19.9 Å². The molecule has 0 aliphatic carbocycles. The van der Waals surface area contributed by atoms with Gasteiger partial charge in [-0.05, 0) is 48.5 Å². The zero-order chi connectivity index (χ0) is 32.8. The lowest BCUT2D eigenvalue weighted by atomic mass is 10.0. The van der Waals surface area contributed by atoms with Gasteiger partial charge >= 0.3 is 12.4 Å². The number of hydrogen-bond acceptors (Lipinski definition) is 9. The summed E-state index contributed by atoms with van der Waals surface area (Å²) in [6.45, 7) is 0.674. The fourth-order valence-corrected chi connectivity index (χ4v) is 4.41. The van der Waals surface area contributed by atoms with Crippen molar-refractivity contribution in [2.75, 3.05) is 13.2 Å². The molecule has 16 heteroatoms. The second-order valence-corrected chi connectivity index (χ2v) is 9.41. The van der Waals surface area contributed by atoms with Crippen molar-refractivity contribution in [2.45, 2.75) is 25.2 Å². The predicted octanol–water partition coefficient (Wildman–Crippen LogP) is 7.22. The van der Waals surface area contributed by atoms with Crippen LogP contribution in [0.1, 0.15) is 40.2 Å². The molecule has 2 aliphatic heterocycles. The number of ketones is 1. The molecule has 0 atom stereocenters. The van der Waals surface area contributed by atoms with E-state index in [1.165, 1.54) is 18.2 Å². The molecule has 0 saturated carbocycles. The third-order valence-electron chi connectivity index (χ3n) is 6.53. The average Bonchev–Trinajstić information content (AvgIpc) is 3.05. The van der Waals surface area contributed by atoms with Crippen LogP contribution >= 0.6 is 12.4 Å². The first-order chi connectivity index (χ1) is 21.4. The summed E-state index contributed by atoms with van der Waals surface area (Å²) in [6.07, 6.45) is -8.21. The maximum atomic E-state index is 12.8. The molecule has 0 amide bonds. The molecule has 0 fully saturated rings. The van der Waals surface area contributed by atoms with Gasteiger partial charge in [-0.25, -0.2) is 15.9 Å². The third kappa shape index (κ3) is 8.29. The number of rotatable bonds is 2. The summed E-state index contributed by atoms with van der Waals surface area (Å²) >= 11 is 0. The molecule has 46 heavy (non-hydrogen) atoms. The number of halogens is 7. The summed E-state index contributed by atoms with van der Waals surface area (Å²) in [5.41, 5.74) is 0.718. The Bertz CT molecular complexity index is 1720. The Hall–Kier alpha value is -4.73. The van der Waals surface area contributed by atoms with E-state index in [0.29, 0.717) is 65.1 Å². The molecule has 2 aromatic carbocycles. The van der Waals surface area contributed by atoms with Gasteiger partial charge in [0.25, 0.3) is 0 Å². The molecule has 2 aromatic heterocycles. The first-order valence-corrected chi connectivity index (χ1v) is 13.1. The lowest BCUT2D eigenvalue weighted by molar-refractivity contribution is -0.138. The number of oxime groups is 1. The van der Waals surface area contributed by atoms with Crippen LogP contribution in [0.4, 0.5) is 26.3 Å². The summed E-state index contributed by atoms with van der Waals surface area (Å²) in [4.78, 5) is 20.2. The Morgan fingerprint density at radius 3 is 1.63 bits per heavy atom. The van der Waals surface area contributed by atoms with E-state index >= 15 is 0 Å². The second-order valence-electron chi connectivity index (χ2n) is 9.41. The Balaban J connectivity index is 0.000000233. The van der Waals surface area contributed by atoms with Crippen LogP contribution in [0.2, 0.25) is 0 Å². The standard InChI is InChI=1S/C15H11F3N2O2.C15H10F3NO2.ClH.H3NO/c16-15(17,18)10-3-1-2-9(8-10)11-4-5-13-14(19-11)12(20-21)6-7-22-13;16-15(17,18)10-3-1-2-9(8-10)11-4-5-13-14(19-11)12(20)6-7-21-13;;1-2/h1-5,8,21H,6-7H2;1-5,8H,6-7H2;1H;2H,1H2/b20-12-;;;. The zero-order valence-corrected chi connectivity index (χ0v) is 24.3. The first kappa shape index (κ1) is 35.7. The van der Waals surface area contributed by atoms with E-state index in [1.54, 1.807) is 30.3 Å². The molecule has 0 saturated heterocycles. The van der Waals surface area contributed by atoms with Crippen LogP contribution in [0.15, 0.2) is 78.0 Å². The van der Waals surface area contributed by atoms with Crippen LogP contribution in [-0.4, -0.2) is 45.1 Å². The molecule has 6 rings (SSSR count). The monoisotopic (exact) mass is 670 g/mol. The highest BCUT2D eigenvalue weighted by molar-refractivity contribution is 6.02. The van der Waals surface area contributed by atoms with Gasteiger partial charge in [0.2, 0.25) is 0 Å². The van der Waals surface area contributed by atoms with Crippen molar-refractivity contribution in [1.82, 2.24) is 9.97 Å². The Labute approximate surface area is 263 Å². The van der Waals surface area contributed by atoms with Crippen LogP contribution in [0.3, 0.4) is 0 Å². The number of hydrogen-bond donors (Lipinski definition) is 3. The number of alkyl halides is 6. The van der Waals surface area contributed by atoms with Gasteiger partial charge in [-0.2, -0.15) is 26.3 Å². The van der Waals surface area contributed by atoms with E-state index in [0.717, 1.165) is 24.3 Å². The van der Waals surface area contributed by atoms with E-state index in [2.05, 4.69) is 21.0 Å². The molecule has 0 radical (unpaired) electrons. The van der Waals surface area contributed by atoms with Crippen LogP contribution in [0.25, 0.3) is 22.5 Å². The maximum Gasteiger partial charge on any atom is 0.416 e. The third-order valence-corrected chi connectivity index (χ3v) is 6.53. The zero-order valence-electron chi connectivity index (χ0n) is 23.5. The summed E-state index contributed by atoms with van der Waals surface area (Å²) in [6, 6.07) is 16.1. The number of aromatic nitrogens is 2. The Morgan fingerprint density at radius 1 is 0.696 bits per heavy atom. The minimum Gasteiger partial charge on any atom is -0.491 e. The van der Waals surface area contributed by atoms with Crippen LogP contribution < -0.4 is 15.4 Å². The van der Waals surface area contributed by atoms with Crippen molar-refractivity contribution in [1.29, 1.82) is 0 Å². The van der Waals surface area contributed by atoms with E-state index in [1.807, 2.05) is 0 Å². The lowest BCUT2D eigenvalue weighted by Crippen LogP contribution is -2.18. The molecular weight excluding hydrogens is 646 g/mol. The number of Topliss-reactive ketones (excluding diaryl/α,β-unsaturated/α-hetero) is 1. The molecule has 4 aromatic rings. The van der Waals surface area contributed by atoms with Crippen molar-refractivity contribution in [3.05, 3.63) is 95.3 Å². The molecule has 0 spiro atoms. The minimum atomic E-state index is -4.41. The van der Waals surface area contributed by atoms with Gasteiger partial charge in [0.05, 0.1) is 35.7 Å². The Morgan fingerprint density at radius 2 is 1.15 bits per heavy atom. The van der Waals surface area contributed by atoms with E-state index < -0.39 is 23.5 Å². The van der Waals surface area contributed by atoms with E-state index in [9.17, 15) is 31.1 Å². The summed E-state index contributed by atoms with van der Waals surface area (Å²) in [5, 5.41) is 18.7. The SMILES string of the molecule is Cl.NO.O/N=C1/CCOc2ccc(-c3cccc(C(F)(F)F)c3)nc21.O=C1CCOc2ccc(-c3cccc(C(F)(F)F)c3)nc21. The molecule has 2 aliphatic rings. The number of pyridine rings is 2. The van der Waals surface area contributed by atoms with E-state index in [-0.39, 0.29) is 30.3 Å². The van der Waals surface area contributed by atoms with Gasteiger partial charge in [-0.1, -0.05) is 29.4 Å². The number of ether oxygens (including phenoxy) is 2. The number of carbonyl (C=O) groups is 1. The number of nitrogens with two attached hydrogens (primary N) is 1. The molecule has 4 heterocycles. The number of benzene rings is 2. The highest BCUT2D eigenvalue weighted by atomic mass is 35.5. The quantitative estimate of drug-likeness (QED) is 0.115. The Kier molecular flexibility index (Phi) is 11.7. The topological polar surface area (TPSA) is 140 Å². The number of fused-ring (bicyclic) bond motifs is 2. The molecule has 9 nitrogen and oxygen atoms in total. The smallest absolute Gasteiger partial charge is 0.416 e. The van der Waals surface area contributed by atoms with Crippen molar-refractivity contribution >= 4 is 23.9 Å². The maximum absolute atomic E-state index is 12.8. The molecule has 4 N–H and O–H groups in total. The van der Waals surface area contributed by atoms with Crippen LogP contribution in [-0.2, 0) is 12.4 Å². The predicted molar refractivity (Wildman–Crippen MR) is 155 cm³/mol. The minimum absolute atomic E-state index is 0. The molecular formula is C30H25ClF6N4O5. The van der Waals surface area contributed by atoms with Crippen molar-refractivity contribution in [3.63, 3.8) is 0 Å². The largest absolute Gasteiger partial charge is 0.491 e. The molecule has 0 unspecified atom stereocenters. The van der Waals surface area contributed by atoms with Crippen molar-refractivity contribution in [2.24, 2.45) is 11.1 Å². The van der Waals surface area contributed by atoms with Gasteiger partial charge in [0.15, 0.2) is 5.78 Å². The normalized spacial score (nSPS) is 14.5. The summed E-state index contributed by atoms with van der Waals surface area (Å²) in [7, 11) is 0. The summed E-state index contributed by atoms with van der Waals surface area (Å²) in [5.74, 6) is 4.17. The van der Waals surface area contributed by atoms with Gasteiger partial charge in [0, 0.05) is 24.0 Å². The van der Waals surface area contributed by atoms with Gasteiger partial charge < -0.3 is 19.9 Å². The average molecular weight is 671 g/mol. The van der Waals surface area contributed by atoms with Gasteiger partial charge in [0.1, 0.15) is 28.6 Å².